The van der Waals surface area contributed by atoms with Crippen LogP contribution in [-0.2, 0) is 26.1 Å². The molecule has 2 aliphatic rings. The number of likely N-dealkylation sites (tertiary alicyclic amines) is 1. The highest BCUT2D eigenvalue weighted by Crippen LogP contribution is 2.34. The molecule has 0 spiro atoms. The molecule has 0 bridgehead atoms. The molecule has 7 nitrogen and oxygen atoms in total. The van der Waals surface area contributed by atoms with Crippen LogP contribution in [0.25, 0.3) is 0 Å². The van der Waals surface area contributed by atoms with Crippen LogP contribution in [0.2, 0.25) is 0 Å². The van der Waals surface area contributed by atoms with E-state index in [2.05, 4.69) is 26.4 Å². The van der Waals surface area contributed by atoms with Crippen LogP contribution >= 0.6 is 11.3 Å². The maximum atomic E-state index is 12.4. The highest BCUT2D eigenvalue weighted by atomic mass is 32.2. The van der Waals surface area contributed by atoms with Crippen molar-refractivity contribution in [1.29, 1.82) is 0 Å². The summed E-state index contributed by atoms with van der Waals surface area (Å²) in [5.41, 5.74) is 1.34. The van der Waals surface area contributed by atoms with Crippen molar-refractivity contribution in [2.45, 2.75) is 23.7 Å². The lowest BCUT2D eigenvalue weighted by Crippen LogP contribution is -2.34. The summed E-state index contributed by atoms with van der Waals surface area (Å²) in [6.07, 6.45) is -4.86. The van der Waals surface area contributed by atoms with E-state index >= 15 is 0 Å². The second-order valence-corrected chi connectivity index (χ2v) is 10.1. The maximum absolute atomic E-state index is 12.4. The number of alkyl halides is 3. The molecule has 2 N–H and O–H groups in total. The summed E-state index contributed by atoms with van der Waals surface area (Å²) in [6.45, 7) is 3.92. The Morgan fingerprint density at radius 1 is 1.22 bits per heavy atom. The Labute approximate surface area is 187 Å². The van der Waals surface area contributed by atoms with Gasteiger partial charge in [-0.3, -0.25) is 4.90 Å². The van der Waals surface area contributed by atoms with Crippen molar-refractivity contribution >= 4 is 27.3 Å². The highest BCUT2D eigenvalue weighted by molar-refractivity contribution is 7.89. The number of halogens is 3. The number of rotatable bonds is 6. The summed E-state index contributed by atoms with van der Waals surface area (Å²) in [5, 5.41) is 11.4. The smallest absolute Gasteiger partial charge is 0.475 e. The zero-order chi connectivity index (χ0) is 23.4. The number of ether oxygens (including phenoxy) is 1. The normalized spacial score (nSPS) is 23.4. The van der Waals surface area contributed by atoms with Crippen molar-refractivity contribution in [3.8, 4) is 0 Å². The second-order valence-electron chi connectivity index (χ2n) is 7.59. The van der Waals surface area contributed by atoms with E-state index in [-0.39, 0.29) is 12.0 Å². The van der Waals surface area contributed by atoms with Crippen LogP contribution in [0, 0.1) is 11.8 Å². The molecule has 4 rings (SSSR count). The zero-order valence-electron chi connectivity index (χ0n) is 16.9. The summed E-state index contributed by atoms with van der Waals surface area (Å²) in [4.78, 5) is 11.6. The summed E-state index contributed by atoms with van der Waals surface area (Å²) in [6, 6.07) is 10.7. The second kappa shape index (κ2) is 10.3. The van der Waals surface area contributed by atoms with Gasteiger partial charge in [0.05, 0.1) is 17.6 Å². The molecule has 0 saturated carbocycles. The van der Waals surface area contributed by atoms with Gasteiger partial charge in [0.25, 0.3) is 0 Å². The third-order valence-corrected chi connectivity index (χ3v) is 7.50. The largest absolute Gasteiger partial charge is 0.490 e. The van der Waals surface area contributed by atoms with Gasteiger partial charge in [-0.15, -0.1) is 0 Å². The fourth-order valence-corrected chi connectivity index (χ4v) is 5.54. The number of fused-ring (bicyclic) bond motifs is 1. The quantitative estimate of drug-likeness (QED) is 0.644. The average molecular weight is 493 g/mol. The van der Waals surface area contributed by atoms with Gasteiger partial charge in [-0.05, 0) is 34.5 Å². The maximum Gasteiger partial charge on any atom is 0.490 e. The summed E-state index contributed by atoms with van der Waals surface area (Å²) < 4.78 is 65.2. The predicted octanol–water partition coefficient (Wildman–Crippen LogP) is 2.81. The van der Waals surface area contributed by atoms with Gasteiger partial charge in [0.15, 0.2) is 0 Å². The van der Waals surface area contributed by atoms with Crippen molar-refractivity contribution in [3.05, 3.63) is 52.7 Å². The third-order valence-electron chi connectivity index (χ3n) is 5.33. The van der Waals surface area contributed by atoms with Crippen LogP contribution in [0.3, 0.4) is 0 Å². The molecule has 176 valence electrons. The van der Waals surface area contributed by atoms with Crippen molar-refractivity contribution < 1.29 is 36.2 Å². The van der Waals surface area contributed by atoms with E-state index in [0.29, 0.717) is 24.0 Å². The molecule has 2 aliphatic heterocycles. The Kier molecular flexibility index (Phi) is 7.93. The van der Waals surface area contributed by atoms with E-state index in [1.807, 2.05) is 6.07 Å². The van der Waals surface area contributed by atoms with Gasteiger partial charge in [0.1, 0.15) is 0 Å². The first kappa shape index (κ1) is 24.6. The number of aliphatic carboxylic acids is 1. The minimum absolute atomic E-state index is 0.227. The standard InChI is InChI=1S/C18H22N2O3S2.C2HF3O2/c21-25(22,16-4-2-1-3-5-16)19-8-15-12-23-18-11-20(10-17(15)18)9-14-6-7-24-13-14;3-2(4,5)1(6)7/h1-7,13,15,17-19H,8-12H2;(H,6,7)/t15-,17+,18+;/m0./s1. The van der Waals surface area contributed by atoms with Crippen LogP contribution in [-0.4, -0.2) is 62.9 Å². The molecule has 2 aromatic rings. The number of carbonyl (C=O) groups is 1. The van der Waals surface area contributed by atoms with E-state index in [1.165, 1.54) is 5.56 Å². The number of nitrogens with one attached hydrogen (secondary N) is 1. The monoisotopic (exact) mass is 492 g/mol. The number of nitrogens with zero attached hydrogens (tertiary/aromatic N) is 1. The summed E-state index contributed by atoms with van der Waals surface area (Å²) >= 11 is 1.72. The number of carboxylic acid groups (broad SMARTS) is 1. The molecule has 0 amide bonds. The molecule has 2 fully saturated rings. The van der Waals surface area contributed by atoms with E-state index in [1.54, 1.807) is 35.6 Å². The first-order chi connectivity index (χ1) is 15.1. The lowest BCUT2D eigenvalue weighted by Gasteiger charge is -2.19. The van der Waals surface area contributed by atoms with Crippen molar-refractivity contribution in [2.24, 2.45) is 11.8 Å². The number of hydrogen-bond acceptors (Lipinski definition) is 6. The molecule has 1 aromatic heterocycles. The lowest BCUT2D eigenvalue weighted by atomic mass is 9.93. The Morgan fingerprint density at radius 2 is 1.91 bits per heavy atom. The van der Waals surface area contributed by atoms with E-state index in [9.17, 15) is 21.6 Å². The zero-order valence-corrected chi connectivity index (χ0v) is 18.5. The fourth-order valence-electron chi connectivity index (χ4n) is 3.76. The molecule has 1 aromatic carbocycles. The molecular formula is C20H23F3N2O5S2. The molecular weight excluding hydrogens is 469 g/mol. The topological polar surface area (TPSA) is 95.9 Å². The van der Waals surface area contributed by atoms with Crippen molar-refractivity contribution in [1.82, 2.24) is 9.62 Å². The average Bonchev–Trinajstić information content (AvgIpc) is 3.46. The van der Waals surface area contributed by atoms with Crippen LogP contribution in [0.5, 0.6) is 0 Å². The minimum atomic E-state index is -5.08. The molecule has 3 heterocycles. The first-order valence-corrected chi connectivity index (χ1v) is 12.2. The van der Waals surface area contributed by atoms with Gasteiger partial charge in [-0.1, -0.05) is 18.2 Å². The molecule has 0 radical (unpaired) electrons. The summed E-state index contributed by atoms with van der Waals surface area (Å²) in [7, 11) is -3.45. The molecule has 32 heavy (non-hydrogen) atoms. The SMILES string of the molecule is O=C(O)C(F)(F)F.O=S(=O)(NC[C@H]1CO[C@@H]2CN(Cc3ccsc3)C[C@H]12)c1ccccc1. The van der Waals surface area contributed by atoms with Gasteiger partial charge >= 0.3 is 12.1 Å². The fraction of sp³-hybridized carbons (Fsp3) is 0.450. The Morgan fingerprint density at radius 3 is 2.50 bits per heavy atom. The van der Waals surface area contributed by atoms with Crippen molar-refractivity contribution in [2.75, 3.05) is 26.2 Å². The van der Waals surface area contributed by atoms with E-state index in [0.717, 1.165) is 19.6 Å². The van der Waals surface area contributed by atoms with Crippen LogP contribution in [0.15, 0.2) is 52.1 Å². The van der Waals surface area contributed by atoms with E-state index < -0.39 is 22.2 Å². The molecule has 0 unspecified atom stereocenters. The number of hydrogen-bond donors (Lipinski definition) is 2. The number of thiophene rings is 1. The van der Waals surface area contributed by atoms with Crippen LogP contribution in [0.4, 0.5) is 13.2 Å². The van der Waals surface area contributed by atoms with Gasteiger partial charge in [-0.25, -0.2) is 17.9 Å². The van der Waals surface area contributed by atoms with Crippen molar-refractivity contribution in [3.63, 3.8) is 0 Å². The van der Waals surface area contributed by atoms with Gasteiger partial charge < -0.3 is 9.84 Å². The van der Waals surface area contributed by atoms with Gasteiger partial charge in [0.2, 0.25) is 10.0 Å². The molecule has 2 saturated heterocycles. The number of sulfonamides is 1. The molecule has 0 aliphatic carbocycles. The number of benzene rings is 1. The molecule has 12 heteroatoms. The van der Waals surface area contributed by atoms with Crippen LogP contribution in [0.1, 0.15) is 5.56 Å². The first-order valence-electron chi connectivity index (χ1n) is 9.76. The van der Waals surface area contributed by atoms with Crippen LogP contribution < -0.4 is 4.72 Å². The summed E-state index contributed by atoms with van der Waals surface area (Å²) in [5.74, 6) is -2.12. The van der Waals surface area contributed by atoms with Gasteiger partial charge in [0, 0.05) is 38.0 Å². The lowest BCUT2D eigenvalue weighted by molar-refractivity contribution is -0.192. The van der Waals surface area contributed by atoms with E-state index in [4.69, 9.17) is 14.6 Å². The Hall–Kier alpha value is -1.99. The third kappa shape index (κ3) is 6.51. The predicted molar refractivity (Wildman–Crippen MR) is 112 cm³/mol. The van der Waals surface area contributed by atoms with Gasteiger partial charge in [-0.2, -0.15) is 24.5 Å². The minimum Gasteiger partial charge on any atom is -0.475 e. The Bertz CT molecular complexity index is 984. The highest BCUT2D eigenvalue weighted by Gasteiger charge is 2.43. The number of carboxylic acids is 1. The Balaban J connectivity index is 0.000000360. The molecule has 3 atom stereocenters.